The molecule has 5 rings (SSSR count). The average molecular weight is 439 g/mol. The SMILES string of the molecule is O=C(CSc1nnc(-c2cnccn2)n1-c1ccccc1)Nc1cccc2ccccc12. The molecule has 1 amide bonds. The third kappa shape index (κ3) is 4.08. The highest BCUT2D eigenvalue weighted by Gasteiger charge is 2.18. The van der Waals surface area contributed by atoms with E-state index in [4.69, 9.17) is 0 Å². The van der Waals surface area contributed by atoms with Crippen LogP contribution in [0.25, 0.3) is 28.0 Å². The summed E-state index contributed by atoms with van der Waals surface area (Å²) in [5, 5.41) is 14.3. The highest BCUT2D eigenvalue weighted by molar-refractivity contribution is 7.99. The number of anilines is 1. The van der Waals surface area contributed by atoms with Gasteiger partial charge >= 0.3 is 0 Å². The fourth-order valence-electron chi connectivity index (χ4n) is 3.40. The number of fused-ring (bicyclic) bond motifs is 1. The van der Waals surface area contributed by atoms with Gasteiger partial charge < -0.3 is 5.32 Å². The number of benzene rings is 3. The summed E-state index contributed by atoms with van der Waals surface area (Å²) in [7, 11) is 0. The number of hydrogen-bond donors (Lipinski definition) is 1. The Kier molecular flexibility index (Phi) is 5.59. The van der Waals surface area contributed by atoms with Crippen molar-refractivity contribution in [3.63, 3.8) is 0 Å². The summed E-state index contributed by atoms with van der Waals surface area (Å²) in [5.41, 5.74) is 2.28. The first-order valence-corrected chi connectivity index (χ1v) is 11.0. The van der Waals surface area contributed by atoms with Gasteiger partial charge in [0.05, 0.1) is 11.9 Å². The molecule has 2 aromatic heterocycles. The first-order chi connectivity index (χ1) is 15.8. The minimum Gasteiger partial charge on any atom is -0.325 e. The first kappa shape index (κ1) is 19.9. The molecule has 8 heteroatoms. The number of amides is 1. The number of hydrogen-bond acceptors (Lipinski definition) is 6. The Morgan fingerprint density at radius 3 is 2.56 bits per heavy atom. The normalized spacial score (nSPS) is 10.9. The molecule has 0 bridgehead atoms. The molecule has 7 nitrogen and oxygen atoms in total. The van der Waals surface area contributed by atoms with Crippen LogP contribution in [0, 0.1) is 0 Å². The number of nitrogens with zero attached hydrogens (tertiary/aromatic N) is 5. The van der Waals surface area contributed by atoms with E-state index >= 15 is 0 Å². The lowest BCUT2D eigenvalue weighted by Gasteiger charge is -2.10. The largest absolute Gasteiger partial charge is 0.325 e. The lowest BCUT2D eigenvalue weighted by Crippen LogP contribution is -2.14. The molecule has 0 aliphatic heterocycles. The molecule has 0 aliphatic rings. The molecule has 156 valence electrons. The molecule has 0 fully saturated rings. The predicted molar refractivity (Wildman–Crippen MR) is 126 cm³/mol. The van der Waals surface area contributed by atoms with Crippen LogP contribution in [0.4, 0.5) is 5.69 Å². The molecular formula is C24H18N6OS. The van der Waals surface area contributed by atoms with Crippen LogP contribution in [0.3, 0.4) is 0 Å². The van der Waals surface area contributed by atoms with Gasteiger partial charge in [-0.2, -0.15) is 0 Å². The Balaban J connectivity index is 1.40. The predicted octanol–water partition coefficient (Wildman–Crippen LogP) is 4.61. The van der Waals surface area contributed by atoms with Crippen molar-refractivity contribution in [3.05, 3.63) is 91.4 Å². The van der Waals surface area contributed by atoms with Crippen molar-refractivity contribution in [2.75, 3.05) is 11.1 Å². The van der Waals surface area contributed by atoms with Crippen molar-refractivity contribution in [2.45, 2.75) is 5.16 Å². The van der Waals surface area contributed by atoms with Crippen LogP contribution in [0.15, 0.2) is 96.5 Å². The third-order valence-corrected chi connectivity index (χ3v) is 5.77. The molecule has 0 unspecified atom stereocenters. The molecule has 0 aliphatic carbocycles. The molecule has 0 saturated carbocycles. The second-order valence-corrected chi connectivity index (χ2v) is 7.87. The van der Waals surface area contributed by atoms with Gasteiger partial charge in [-0.3, -0.25) is 14.3 Å². The van der Waals surface area contributed by atoms with Crippen LogP contribution in [0.1, 0.15) is 0 Å². The van der Waals surface area contributed by atoms with Crippen molar-refractivity contribution in [1.82, 2.24) is 24.7 Å². The van der Waals surface area contributed by atoms with E-state index in [0.29, 0.717) is 16.7 Å². The van der Waals surface area contributed by atoms with E-state index in [1.165, 1.54) is 11.8 Å². The van der Waals surface area contributed by atoms with E-state index in [0.717, 1.165) is 22.1 Å². The second-order valence-electron chi connectivity index (χ2n) is 6.93. The standard InChI is InChI=1S/C24H18N6OS/c31-22(27-20-12-6-8-17-7-4-5-11-19(17)20)16-32-24-29-28-23(21-15-25-13-14-26-21)30(24)18-9-2-1-3-10-18/h1-15H,16H2,(H,27,31). The maximum atomic E-state index is 12.7. The molecular weight excluding hydrogens is 420 g/mol. The monoisotopic (exact) mass is 438 g/mol. The van der Waals surface area contributed by atoms with Crippen molar-refractivity contribution >= 4 is 34.1 Å². The fourth-order valence-corrected chi connectivity index (χ4v) is 4.16. The number of nitrogens with one attached hydrogen (secondary N) is 1. The summed E-state index contributed by atoms with van der Waals surface area (Å²) in [6.45, 7) is 0. The second kappa shape index (κ2) is 8.99. The van der Waals surface area contributed by atoms with Crippen molar-refractivity contribution in [3.8, 4) is 17.2 Å². The summed E-state index contributed by atoms with van der Waals surface area (Å²) in [6, 6.07) is 23.6. The average Bonchev–Trinajstić information content (AvgIpc) is 3.28. The van der Waals surface area contributed by atoms with Gasteiger partial charge in [0.1, 0.15) is 5.69 Å². The minimum absolute atomic E-state index is 0.116. The summed E-state index contributed by atoms with van der Waals surface area (Å²) >= 11 is 1.32. The van der Waals surface area contributed by atoms with E-state index in [2.05, 4.69) is 25.5 Å². The maximum absolute atomic E-state index is 12.7. The van der Waals surface area contributed by atoms with E-state index in [1.807, 2.05) is 77.4 Å². The summed E-state index contributed by atoms with van der Waals surface area (Å²) < 4.78 is 1.89. The zero-order valence-electron chi connectivity index (χ0n) is 16.9. The molecule has 3 aromatic carbocycles. The fraction of sp³-hybridized carbons (Fsp3) is 0.0417. The Morgan fingerprint density at radius 1 is 0.906 bits per heavy atom. The molecule has 5 aromatic rings. The highest BCUT2D eigenvalue weighted by atomic mass is 32.2. The topological polar surface area (TPSA) is 85.6 Å². The minimum atomic E-state index is -0.116. The summed E-state index contributed by atoms with van der Waals surface area (Å²) in [6.07, 6.45) is 4.87. The Hall–Kier alpha value is -4.04. The van der Waals surface area contributed by atoms with Crippen LogP contribution >= 0.6 is 11.8 Å². The first-order valence-electron chi connectivity index (χ1n) is 9.97. The zero-order valence-corrected chi connectivity index (χ0v) is 17.7. The number of carbonyl (C=O) groups is 1. The van der Waals surface area contributed by atoms with E-state index in [-0.39, 0.29) is 11.7 Å². The lowest BCUT2D eigenvalue weighted by molar-refractivity contribution is -0.113. The van der Waals surface area contributed by atoms with Crippen molar-refractivity contribution in [1.29, 1.82) is 0 Å². The smallest absolute Gasteiger partial charge is 0.234 e. The Morgan fingerprint density at radius 2 is 1.72 bits per heavy atom. The Labute approximate surface area is 188 Å². The number of para-hydroxylation sites is 1. The van der Waals surface area contributed by atoms with E-state index < -0.39 is 0 Å². The molecule has 32 heavy (non-hydrogen) atoms. The van der Waals surface area contributed by atoms with Gasteiger partial charge in [0.25, 0.3) is 0 Å². The van der Waals surface area contributed by atoms with Gasteiger partial charge in [0, 0.05) is 29.2 Å². The van der Waals surface area contributed by atoms with Crippen molar-refractivity contribution < 1.29 is 4.79 Å². The molecule has 0 radical (unpaired) electrons. The van der Waals surface area contributed by atoms with E-state index in [9.17, 15) is 4.79 Å². The van der Waals surface area contributed by atoms with Gasteiger partial charge in [0.15, 0.2) is 11.0 Å². The van der Waals surface area contributed by atoms with Crippen LogP contribution in [-0.4, -0.2) is 36.4 Å². The summed E-state index contributed by atoms with van der Waals surface area (Å²) in [5.74, 6) is 0.644. The zero-order chi connectivity index (χ0) is 21.8. The molecule has 1 N–H and O–H groups in total. The number of thioether (sulfide) groups is 1. The van der Waals surface area contributed by atoms with Gasteiger partial charge in [-0.05, 0) is 23.6 Å². The molecule has 0 spiro atoms. The summed E-state index contributed by atoms with van der Waals surface area (Å²) in [4.78, 5) is 21.2. The van der Waals surface area contributed by atoms with Gasteiger partial charge in [0.2, 0.25) is 5.91 Å². The quantitative estimate of drug-likeness (QED) is 0.390. The van der Waals surface area contributed by atoms with Gasteiger partial charge in [-0.1, -0.05) is 66.4 Å². The molecule has 0 atom stereocenters. The molecule has 2 heterocycles. The van der Waals surface area contributed by atoms with E-state index in [1.54, 1.807) is 18.6 Å². The Bertz CT molecular complexity index is 1370. The third-order valence-electron chi connectivity index (χ3n) is 4.84. The number of rotatable bonds is 6. The van der Waals surface area contributed by atoms with Gasteiger partial charge in [-0.15, -0.1) is 10.2 Å². The number of carbonyl (C=O) groups excluding carboxylic acids is 1. The molecule has 0 saturated heterocycles. The maximum Gasteiger partial charge on any atom is 0.234 e. The van der Waals surface area contributed by atoms with Gasteiger partial charge in [-0.25, -0.2) is 4.98 Å². The van der Waals surface area contributed by atoms with Crippen LogP contribution in [0.5, 0.6) is 0 Å². The lowest BCUT2D eigenvalue weighted by atomic mass is 10.1. The highest BCUT2D eigenvalue weighted by Crippen LogP contribution is 2.27. The number of aromatic nitrogens is 5. The van der Waals surface area contributed by atoms with Crippen LogP contribution < -0.4 is 5.32 Å². The van der Waals surface area contributed by atoms with Crippen LogP contribution in [-0.2, 0) is 4.79 Å². The van der Waals surface area contributed by atoms with Crippen LogP contribution in [0.2, 0.25) is 0 Å². The van der Waals surface area contributed by atoms with Crippen molar-refractivity contribution in [2.24, 2.45) is 0 Å².